The van der Waals surface area contributed by atoms with Crippen molar-refractivity contribution >= 4 is 11.8 Å². The molecule has 0 aliphatic heterocycles. The number of ether oxygens (including phenoxy) is 2. The molecule has 0 heterocycles. The zero-order valence-corrected chi connectivity index (χ0v) is 12.0. The van der Waals surface area contributed by atoms with Gasteiger partial charge in [-0.15, -0.1) is 0 Å². The Morgan fingerprint density at radius 1 is 0.842 bits per heavy atom. The fourth-order valence-corrected chi connectivity index (χ4v) is 1.36. The lowest BCUT2D eigenvalue weighted by atomic mass is 10.3. The Bertz CT molecular complexity index is 223. The van der Waals surface area contributed by atoms with Crippen LogP contribution in [-0.2, 0) is 19.1 Å². The van der Waals surface area contributed by atoms with Crippen molar-refractivity contribution in [1.29, 1.82) is 0 Å². The first-order chi connectivity index (χ1) is 9.20. The topological polar surface area (TPSA) is 76.7 Å². The average Bonchev–Trinajstić information content (AvgIpc) is 2.38. The fourth-order valence-electron chi connectivity index (χ4n) is 1.36. The summed E-state index contributed by atoms with van der Waals surface area (Å²) in [6.07, 6.45) is 1.40. The monoisotopic (exact) mass is 274 g/mol. The van der Waals surface area contributed by atoms with E-state index in [-0.39, 0.29) is 18.2 Å². The first kappa shape index (κ1) is 17.9. The summed E-state index contributed by atoms with van der Waals surface area (Å²) in [6.45, 7) is 7.53. The Hall–Kier alpha value is -1.14. The van der Waals surface area contributed by atoms with Crippen LogP contribution in [0, 0.1) is 0 Å². The molecular formula is C13H26N2O4. The molecule has 2 N–H and O–H groups in total. The molecule has 112 valence electrons. The van der Waals surface area contributed by atoms with Crippen molar-refractivity contribution in [2.24, 2.45) is 0 Å². The maximum atomic E-state index is 11.4. The largest absolute Gasteiger partial charge is 0.382 e. The molecule has 0 bridgehead atoms. The highest BCUT2D eigenvalue weighted by molar-refractivity contribution is 5.96. The Kier molecular flexibility index (Phi) is 12.5. The van der Waals surface area contributed by atoms with Crippen LogP contribution in [0.15, 0.2) is 0 Å². The van der Waals surface area contributed by atoms with Crippen LogP contribution >= 0.6 is 0 Å². The SMILES string of the molecule is CCOCCCNC(=O)CC(=O)NCCCOCC. The third-order valence-corrected chi connectivity index (χ3v) is 2.30. The fraction of sp³-hybridized carbons (Fsp3) is 0.846. The molecule has 2 amide bonds. The molecule has 0 aromatic carbocycles. The quantitative estimate of drug-likeness (QED) is 0.400. The molecule has 0 spiro atoms. The standard InChI is InChI=1S/C13H26N2O4/c1-3-18-9-5-7-14-12(16)11-13(17)15-8-6-10-19-4-2/h3-11H2,1-2H3,(H,14,16)(H,15,17). The van der Waals surface area contributed by atoms with Crippen LogP contribution in [0.5, 0.6) is 0 Å². The molecule has 0 unspecified atom stereocenters. The second-order valence-electron chi connectivity index (χ2n) is 3.98. The molecule has 0 aliphatic carbocycles. The number of hydrogen-bond donors (Lipinski definition) is 2. The maximum absolute atomic E-state index is 11.4. The molecule has 0 aliphatic rings. The summed E-state index contributed by atoms with van der Waals surface area (Å²) in [4.78, 5) is 22.8. The molecular weight excluding hydrogens is 248 g/mol. The number of amides is 2. The molecule has 0 rings (SSSR count). The van der Waals surface area contributed by atoms with Gasteiger partial charge in [-0.05, 0) is 26.7 Å². The Morgan fingerprint density at radius 3 is 1.63 bits per heavy atom. The smallest absolute Gasteiger partial charge is 0.229 e. The summed E-state index contributed by atoms with van der Waals surface area (Å²) in [6, 6.07) is 0. The van der Waals surface area contributed by atoms with E-state index < -0.39 is 0 Å². The van der Waals surface area contributed by atoms with Gasteiger partial charge < -0.3 is 20.1 Å². The van der Waals surface area contributed by atoms with Crippen molar-refractivity contribution in [3.63, 3.8) is 0 Å². The van der Waals surface area contributed by atoms with Crippen LogP contribution in [0.2, 0.25) is 0 Å². The highest BCUT2D eigenvalue weighted by atomic mass is 16.5. The Labute approximate surface area is 115 Å². The van der Waals surface area contributed by atoms with Crippen molar-refractivity contribution in [3.8, 4) is 0 Å². The van der Waals surface area contributed by atoms with Gasteiger partial charge in [0, 0.05) is 39.5 Å². The van der Waals surface area contributed by atoms with Gasteiger partial charge in [-0.25, -0.2) is 0 Å². The van der Waals surface area contributed by atoms with Gasteiger partial charge in [-0.2, -0.15) is 0 Å². The van der Waals surface area contributed by atoms with Crippen molar-refractivity contribution < 1.29 is 19.1 Å². The second-order valence-corrected chi connectivity index (χ2v) is 3.98. The van der Waals surface area contributed by atoms with E-state index in [0.29, 0.717) is 39.5 Å². The molecule has 19 heavy (non-hydrogen) atoms. The van der Waals surface area contributed by atoms with E-state index in [1.807, 2.05) is 13.8 Å². The molecule has 0 saturated carbocycles. The first-order valence-electron chi connectivity index (χ1n) is 6.89. The van der Waals surface area contributed by atoms with Gasteiger partial charge in [0.15, 0.2) is 0 Å². The summed E-state index contributed by atoms with van der Waals surface area (Å²) in [5.74, 6) is -0.502. The van der Waals surface area contributed by atoms with Crippen LogP contribution < -0.4 is 10.6 Å². The highest BCUT2D eigenvalue weighted by Gasteiger charge is 2.07. The normalized spacial score (nSPS) is 10.2. The summed E-state index contributed by atoms with van der Waals surface area (Å²) < 4.78 is 10.3. The predicted molar refractivity (Wildman–Crippen MR) is 72.9 cm³/mol. The zero-order valence-electron chi connectivity index (χ0n) is 12.0. The van der Waals surface area contributed by atoms with Crippen LogP contribution in [0.25, 0.3) is 0 Å². The van der Waals surface area contributed by atoms with Gasteiger partial charge in [0.05, 0.1) is 0 Å². The molecule has 0 radical (unpaired) electrons. The minimum atomic E-state index is -0.251. The van der Waals surface area contributed by atoms with Crippen LogP contribution in [0.4, 0.5) is 0 Å². The van der Waals surface area contributed by atoms with E-state index in [1.165, 1.54) is 0 Å². The van der Waals surface area contributed by atoms with Crippen LogP contribution in [0.3, 0.4) is 0 Å². The minimum absolute atomic E-state index is 0.122. The zero-order chi connectivity index (χ0) is 14.3. The molecule has 0 aromatic rings. The number of rotatable bonds is 12. The molecule has 6 heteroatoms. The van der Waals surface area contributed by atoms with Gasteiger partial charge in [-0.3, -0.25) is 9.59 Å². The lowest BCUT2D eigenvalue weighted by molar-refractivity contribution is -0.129. The van der Waals surface area contributed by atoms with E-state index >= 15 is 0 Å². The van der Waals surface area contributed by atoms with Gasteiger partial charge in [0.2, 0.25) is 11.8 Å². The maximum Gasteiger partial charge on any atom is 0.229 e. The Balaban J connectivity index is 3.40. The van der Waals surface area contributed by atoms with Gasteiger partial charge >= 0.3 is 0 Å². The molecule has 0 saturated heterocycles. The Morgan fingerprint density at radius 2 is 1.26 bits per heavy atom. The van der Waals surface area contributed by atoms with E-state index in [1.54, 1.807) is 0 Å². The molecule has 0 aromatic heterocycles. The van der Waals surface area contributed by atoms with Crippen molar-refractivity contribution in [3.05, 3.63) is 0 Å². The lowest BCUT2D eigenvalue weighted by Gasteiger charge is -2.06. The van der Waals surface area contributed by atoms with E-state index in [0.717, 1.165) is 12.8 Å². The first-order valence-corrected chi connectivity index (χ1v) is 6.89. The summed E-state index contributed by atoms with van der Waals surface area (Å²) in [5, 5.41) is 5.36. The summed E-state index contributed by atoms with van der Waals surface area (Å²) >= 11 is 0. The highest BCUT2D eigenvalue weighted by Crippen LogP contribution is 1.85. The van der Waals surface area contributed by atoms with Crippen molar-refractivity contribution in [2.45, 2.75) is 33.1 Å². The van der Waals surface area contributed by atoms with E-state index in [9.17, 15) is 9.59 Å². The number of carbonyl (C=O) groups is 2. The molecule has 0 atom stereocenters. The average molecular weight is 274 g/mol. The minimum Gasteiger partial charge on any atom is -0.382 e. The summed E-state index contributed by atoms with van der Waals surface area (Å²) in [7, 11) is 0. The lowest BCUT2D eigenvalue weighted by Crippen LogP contribution is -2.33. The third-order valence-electron chi connectivity index (χ3n) is 2.30. The number of hydrogen-bond acceptors (Lipinski definition) is 4. The second kappa shape index (κ2) is 13.3. The molecule has 0 fully saturated rings. The van der Waals surface area contributed by atoms with Gasteiger partial charge in [0.1, 0.15) is 6.42 Å². The predicted octanol–water partition coefficient (Wildman–Crippen LogP) is 0.462. The van der Waals surface area contributed by atoms with Crippen molar-refractivity contribution in [1.82, 2.24) is 10.6 Å². The van der Waals surface area contributed by atoms with Gasteiger partial charge in [0.25, 0.3) is 0 Å². The van der Waals surface area contributed by atoms with Crippen LogP contribution in [-0.4, -0.2) is 51.3 Å². The van der Waals surface area contributed by atoms with Crippen molar-refractivity contribution in [2.75, 3.05) is 39.5 Å². The summed E-state index contributed by atoms with van der Waals surface area (Å²) in [5.41, 5.74) is 0. The van der Waals surface area contributed by atoms with E-state index in [2.05, 4.69) is 10.6 Å². The number of carbonyl (C=O) groups excluding carboxylic acids is 2. The van der Waals surface area contributed by atoms with Gasteiger partial charge in [-0.1, -0.05) is 0 Å². The number of nitrogens with one attached hydrogen (secondary N) is 2. The van der Waals surface area contributed by atoms with Crippen LogP contribution in [0.1, 0.15) is 33.1 Å². The molecule has 6 nitrogen and oxygen atoms in total. The van der Waals surface area contributed by atoms with E-state index in [4.69, 9.17) is 9.47 Å². The third kappa shape index (κ3) is 13.1.